The largest absolute Gasteiger partial charge is 0.345 e. The molecule has 0 bridgehead atoms. The molecule has 100 valence electrons. The molecule has 0 unspecified atom stereocenters. The molecule has 0 fully saturated rings. The molecule has 0 saturated carbocycles. The molecule has 0 atom stereocenters. The van der Waals surface area contributed by atoms with Crippen LogP contribution in [0.15, 0.2) is 67.1 Å². The molecule has 5 heteroatoms. The Kier molecular flexibility index (Phi) is 3.33. The van der Waals surface area contributed by atoms with E-state index >= 15 is 0 Å². The maximum absolute atomic E-state index is 11.8. The Morgan fingerprint density at radius 3 is 2.50 bits per heavy atom. The Morgan fingerprint density at radius 1 is 1.00 bits per heavy atom. The minimum Gasteiger partial charge on any atom is -0.345 e. The summed E-state index contributed by atoms with van der Waals surface area (Å²) in [7, 11) is 0. The predicted octanol–water partition coefficient (Wildman–Crippen LogP) is 2.31. The highest BCUT2D eigenvalue weighted by Gasteiger charge is 2.06. The molecule has 1 amide bonds. The van der Waals surface area contributed by atoms with Crippen molar-refractivity contribution in [1.82, 2.24) is 14.3 Å². The lowest BCUT2D eigenvalue weighted by Crippen LogP contribution is -2.18. The van der Waals surface area contributed by atoms with E-state index in [1.54, 1.807) is 10.7 Å². The Bertz CT molecular complexity index is 686. The van der Waals surface area contributed by atoms with Crippen LogP contribution < -0.4 is 5.32 Å². The predicted molar refractivity (Wildman–Crippen MR) is 76.6 cm³/mol. The number of nitrogens with one attached hydrogen (secondary N) is 1. The SMILES string of the molecule is O=C(Cn1cccc1)Nc1ccn(-c2ccccc2)n1. The molecular formula is C15H14N4O. The van der Waals surface area contributed by atoms with E-state index in [4.69, 9.17) is 0 Å². The second kappa shape index (κ2) is 5.44. The van der Waals surface area contributed by atoms with Gasteiger partial charge < -0.3 is 9.88 Å². The summed E-state index contributed by atoms with van der Waals surface area (Å²) in [5, 5.41) is 7.10. The van der Waals surface area contributed by atoms with Crippen molar-refractivity contribution in [3.05, 3.63) is 67.1 Å². The zero-order valence-corrected chi connectivity index (χ0v) is 10.8. The van der Waals surface area contributed by atoms with Crippen molar-refractivity contribution >= 4 is 11.7 Å². The van der Waals surface area contributed by atoms with E-state index in [2.05, 4.69) is 10.4 Å². The van der Waals surface area contributed by atoms with E-state index in [-0.39, 0.29) is 12.5 Å². The Balaban J connectivity index is 1.67. The zero-order chi connectivity index (χ0) is 13.8. The molecule has 0 saturated heterocycles. The fourth-order valence-electron chi connectivity index (χ4n) is 1.94. The second-order valence-electron chi connectivity index (χ2n) is 4.38. The Morgan fingerprint density at radius 2 is 1.75 bits per heavy atom. The van der Waals surface area contributed by atoms with Gasteiger partial charge in [-0.25, -0.2) is 4.68 Å². The molecular weight excluding hydrogens is 252 g/mol. The summed E-state index contributed by atoms with van der Waals surface area (Å²) in [5.74, 6) is 0.450. The first-order valence-corrected chi connectivity index (χ1v) is 6.33. The number of benzene rings is 1. The maximum atomic E-state index is 11.8. The third kappa shape index (κ3) is 2.77. The van der Waals surface area contributed by atoms with E-state index in [0.717, 1.165) is 5.69 Å². The summed E-state index contributed by atoms with van der Waals surface area (Å²) in [6.07, 6.45) is 5.52. The molecule has 0 aliphatic carbocycles. The van der Waals surface area contributed by atoms with Crippen LogP contribution in [0.4, 0.5) is 5.82 Å². The summed E-state index contributed by atoms with van der Waals surface area (Å²) < 4.78 is 3.54. The Labute approximate surface area is 116 Å². The van der Waals surface area contributed by atoms with Crippen LogP contribution in [0.5, 0.6) is 0 Å². The molecule has 1 N–H and O–H groups in total. The van der Waals surface area contributed by atoms with Gasteiger partial charge in [-0.15, -0.1) is 0 Å². The Hall–Kier alpha value is -2.82. The number of amides is 1. The number of aromatic nitrogens is 3. The van der Waals surface area contributed by atoms with Crippen LogP contribution >= 0.6 is 0 Å². The monoisotopic (exact) mass is 266 g/mol. The van der Waals surface area contributed by atoms with Gasteiger partial charge in [0.05, 0.1) is 5.69 Å². The lowest BCUT2D eigenvalue weighted by molar-refractivity contribution is -0.116. The molecule has 0 aliphatic heterocycles. The molecule has 0 spiro atoms. The minimum atomic E-state index is -0.0977. The average molecular weight is 266 g/mol. The first-order chi connectivity index (χ1) is 9.81. The highest BCUT2D eigenvalue weighted by molar-refractivity contribution is 5.89. The number of nitrogens with zero attached hydrogens (tertiary/aromatic N) is 3. The third-order valence-electron chi connectivity index (χ3n) is 2.87. The second-order valence-corrected chi connectivity index (χ2v) is 4.38. The standard InChI is InChI=1S/C15H14N4O/c20-15(12-18-9-4-5-10-18)16-14-8-11-19(17-14)13-6-2-1-3-7-13/h1-11H,12H2,(H,16,17,20). The lowest BCUT2D eigenvalue weighted by atomic mass is 10.3. The van der Waals surface area contributed by atoms with Crippen LogP contribution in [-0.4, -0.2) is 20.3 Å². The van der Waals surface area contributed by atoms with Crippen molar-refractivity contribution in [3.8, 4) is 5.69 Å². The average Bonchev–Trinajstić information content (AvgIpc) is 3.11. The van der Waals surface area contributed by atoms with Crippen LogP contribution in [0.1, 0.15) is 0 Å². The molecule has 3 rings (SSSR count). The van der Waals surface area contributed by atoms with E-state index in [1.807, 2.05) is 65.6 Å². The summed E-state index contributed by atoms with van der Waals surface area (Å²) in [6, 6.07) is 15.3. The highest BCUT2D eigenvalue weighted by Crippen LogP contribution is 2.09. The van der Waals surface area contributed by atoms with E-state index < -0.39 is 0 Å². The summed E-state index contributed by atoms with van der Waals surface area (Å²) >= 11 is 0. The molecule has 1 aromatic carbocycles. The number of hydrogen-bond donors (Lipinski definition) is 1. The number of carbonyl (C=O) groups excluding carboxylic acids is 1. The van der Waals surface area contributed by atoms with Gasteiger partial charge in [-0.05, 0) is 24.3 Å². The maximum Gasteiger partial charge on any atom is 0.245 e. The molecule has 2 heterocycles. The quantitative estimate of drug-likeness (QED) is 0.788. The highest BCUT2D eigenvalue weighted by atomic mass is 16.2. The minimum absolute atomic E-state index is 0.0977. The molecule has 3 aromatic rings. The van der Waals surface area contributed by atoms with Gasteiger partial charge in [0.2, 0.25) is 5.91 Å². The smallest absolute Gasteiger partial charge is 0.245 e. The van der Waals surface area contributed by atoms with Crippen LogP contribution in [0, 0.1) is 0 Å². The van der Waals surface area contributed by atoms with Crippen molar-refractivity contribution in [2.75, 3.05) is 5.32 Å². The summed E-state index contributed by atoms with van der Waals surface area (Å²) in [4.78, 5) is 11.8. The molecule has 0 radical (unpaired) electrons. The number of anilines is 1. The van der Waals surface area contributed by atoms with Crippen LogP contribution in [0.3, 0.4) is 0 Å². The number of carbonyl (C=O) groups is 1. The van der Waals surface area contributed by atoms with Gasteiger partial charge in [-0.1, -0.05) is 18.2 Å². The van der Waals surface area contributed by atoms with Gasteiger partial charge >= 0.3 is 0 Å². The molecule has 0 aliphatic rings. The number of hydrogen-bond acceptors (Lipinski definition) is 2. The van der Waals surface area contributed by atoms with Gasteiger partial charge in [-0.2, -0.15) is 5.10 Å². The molecule has 2 aromatic heterocycles. The summed E-state index contributed by atoms with van der Waals surface area (Å²) in [5.41, 5.74) is 0.957. The van der Waals surface area contributed by atoms with Gasteiger partial charge in [0.15, 0.2) is 5.82 Å². The fourth-order valence-corrected chi connectivity index (χ4v) is 1.94. The summed E-state index contributed by atoms with van der Waals surface area (Å²) in [6.45, 7) is 0.283. The van der Waals surface area contributed by atoms with Gasteiger partial charge in [-0.3, -0.25) is 4.79 Å². The molecule has 5 nitrogen and oxygen atoms in total. The molecule has 20 heavy (non-hydrogen) atoms. The number of rotatable bonds is 4. The third-order valence-corrected chi connectivity index (χ3v) is 2.87. The van der Waals surface area contributed by atoms with Gasteiger partial charge in [0, 0.05) is 24.7 Å². The van der Waals surface area contributed by atoms with Crippen LogP contribution in [0.25, 0.3) is 5.69 Å². The zero-order valence-electron chi connectivity index (χ0n) is 10.8. The first kappa shape index (κ1) is 12.2. The van der Waals surface area contributed by atoms with Crippen LogP contribution in [-0.2, 0) is 11.3 Å². The van der Waals surface area contributed by atoms with Crippen molar-refractivity contribution in [3.63, 3.8) is 0 Å². The van der Waals surface area contributed by atoms with E-state index in [0.29, 0.717) is 5.82 Å². The van der Waals surface area contributed by atoms with Gasteiger partial charge in [0.1, 0.15) is 6.54 Å². The van der Waals surface area contributed by atoms with E-state index in [9.17, 15) is 4.79 Å². The van der Waals surface area contributed by atoms with Crippen molar-refractivity contribution in [2.45, 2.75) is 6.54 Å². The van der Waals surface area contributed by atoms with E-state index in [1.165, 1.54) is 0 Å². The van der Waals surface area contributed by atoms with Crippen molar-refractivity contribution in [2.24, 2.45) is 0 Å². The normalized spacial score (nSPS) is 10.4. The lowest BCUT2D eigenvalue weighted by Gasteiger charge is -2.03. The van der Waals surface area contributed by atoms with Crippen molar-refractivity contribution in [1.29, 1.82) is 0 Å². The number of para-hydroxylation sites is 1. The van der Waals surface area contributed by atoms with Crippen LogP contribution in [0.2, 0.25) is 0 Å². The first-order valence-electron chi connectivity index (χ1n) is 6.33. The van der Waals surface area contributed by atoms with Gasteiger partial charge in [0.25, 0.3) is 0 Å². The topological polar surface area (TPSA) is 51.9 Å². The van der Waals surface area contributed by atoms with Crippen molar-refractivity contribution < 1.29 is 4.79 Å². The fraction of sp³-hybridized carbons (Fsp3) is 0.0667.